The molecule has 2 heterocycles. The third kappa shape index (κ3) is 8.98. The van der Waals surface area contributed by atoms with Crippen molar-refractivity contribution in [1.82, 2.24) is 14.5 Å². The number of hydrogen-bond donors (Lipinski definition) is 1. The minimum absolute atomic E-state index is 0.0126. The second-order valence-electron chi connectivity index (χ2n) is 21.0. The van der Waals surface area contributed by atoms with Crippen LogP contribution in [0.1, 0.15) is 92.7 Å². The van der Waals surface area contributed by atoms with E-state index in [1.54, 1.807) is 12.1 Å². The summed E-state index contributed by atoms with van der Waals surface area (Å²) < 4.78 is 90.3. The van der Waals surface area contributed by atoms with E-state index in [4.69, 9.17) is 20.9 Å². The highest BCUT2D eigenvalue weighted by Gasteiger charge is 2.30. The molecule has 0 radical (unpaired) electrons. The molecule has 0 spiro atoms. The number of benzene rings is 8. The molecule has 0 atom stereocenters. The Balaban J connectivity index is 1.28. The number of hydrogen-bond acceptors (Lipinski definition) is 3. The van der Waals surface area contributed by atoms with Gasteiger partial charge < -0.3 is 5.11 Å². The van der Waals surface area contributed by atoms with Crippen molar-refractivity contribution in [1.29, 1.82) is 0 Å². The summed E-state index contributed by atoms with van der Waals surface area (Å²) in [4.78, 5) is 10.5. The maximum Gasteiger partial charge on any atom is 0.149 e. The quantitative estimate of drug-likeness (QED) is 0.165. The van der Waals surface area contributed by atoms with Crippen molar-refractivity contribution < 1.29 is 18.8 Å². The SMILES string of the molecule is [2H]c1c([2H])c([2H])c(-c2ccc(-n3c(-c4cc(C(C)(C)C)cc(C(C)(C)C)c4O)nc4c(-c5cc(-c6cc(-c7ccc(-c8ccccc8)cc7)ccn6)cc(C(C)(C)C)c5)cccc43)c(-c3c([2H])c([2H])c([2H])c([2H])c3[2H])c2)c([2H])c1[2H]. The Morgan fingerprint density at radius 1 is 0.443 bits per heavy atom. The lowest BCUT2D eigenvalue weighted by molar-refractivity contribution is 0.446. The Kier molecular flexibility index (Phi) is 9.04. The predicted octanol–water partition coefficient (Wildman–Crippen LogP) is 17.7. The monoisotopic (exact) mass is 922 g/mol. The normalized spacial score (nSPS) is 14.1. The lowest BCUT2D eigenvalue weighted by atomic mass is 9.79. The van der Waals surface area contributed by atoms with E-state index in [0.29, 0.717) is 22.2 Å². The minimum Gasteiger partial charge on any atom is -0.507 e. The number of aromatic nitrogens is 3. The molecule has 10 rings (SSSR count). The number of fused-ring (bicyclic) bond motifs is 1. The van der Waals surface area contributed by atoms with Gasteiger partial charge in [0.2, 0.25) is 0 Å². The van der Waals surface area contributed by atoms with Crippen molar-refractivity contribution in [2.45, 2.75) is 78.6 Å². The summed E-state index contributed by atoms with van der Waals surface area (Å²) in [7, 11) is 0. The molecule has 8 aromatic carbocycles. The number of aromatic hydroxyl groups is 1. The summed E-state index contributed by atoms with van der Waals surface area (Å²) in [5, 5.41) is 12.7. The van der Waals surface area contributed by atoms with Crippen LogP contribution in [0.4, 0.5) is 0 Å². The molecular weight excluding hydrogens is 851 g/mol. The zero-order valence-corrected chi connectivity index (χ0v) is 41.1. The van der Waals surface area contributed by atoms with Gasteiger partial charge in [0, 0.05) is 28.5 Å². The van der Waals surface area contributed by atoms with Crippen molar-refractivity contribution in [3.8, 4) is 89.7 Å². The summed E-state index contributed by atoms with van der Waals surface area (Å²) in [6.07, 6.45) is 1.83. The fraction of sp³-hybridized carbons (Fsp3) is 0.182. The summed E-state index contributed by atoms with van der Waals surface area (Å²) >= 11 is 0. The van der Waals surface area contributed by atoms with Crippen molar-refractivity contribution in [3.63, 3.8) is 0 Å². The van der Waals surface area contributed by atoms with Crippen molar-refractivity contribution >= 4 is 11.0 Å². The zero-order valence-electron chi connectivity index (χ0n) is 51.1. The van der Waals surface area contributed by atoms with Crippen LogP contribution in [0.25, 0.3) is 95.0 Å². The van der Waals surface area contributed by atoms with Crippen LogP contribution in [0.3, 0.4) is 0 Å². The number of nitrogens with zero attached hydrogens (tertiary/aromatic N) is 3. The summed E-state index contributed by atoms with van der Waals surface area (Å²) in [5.74, 6) is 0.270. The standard InChI is InChI=1S/C66H61N3O/c1-64(2,3)52-37-50(36-51(38-52)58-40-49(34-35-67-58)46-30-28-45(29-31-46)43-20-13-10-14-21-43)54-26-19-27-60-61(54)68-63(56-41-53(65(4,5)6)42-57(62(56)70)66(7,8)9)69(60)59-33-32-48(44-22-15-11-16-23-44)39-55(59)47-24-17-12-18-25-47/h10-42,70H,1-9H3/i11D,12D,15D,16D,17D,18D,22D,23D,24D,25D. The molecule has 2 aromatic heterocycles. The topological polar surface area (TPSA) is 50.9 Å². The van der Waals surface area contributed by atoms with Gasteiger partial charge in [0.15, 0.2) is 0 Å². The minimum atomic E-state index is -0.597. The van der Waals surface area contributed by atoms with Crippen LogP contribution in [-0.4, -0.2) is 19.6 Å². The molecule has 70 heavy (non-hydrogen) atoms. The molecule has 0 aliphatic carbocycles. The van der Waals surface area contributed by atoms with Gasteiger partial charge in [-0.05, 0) is 120 Å². The lowest BCUT2D eigenvalue weighted by Crippen LogP contribution is -2.17. The van der Waals surface area contributed by atoms with Gasteiger partial charge in [0.25, 0.3) is 0 Å². The number of imidazole rings is 1. The van der Waals surface area contributed by atoms with Gasteiger partial charge in [-0.2, -0.15) is 0 Å². The van der Waals surface area contributed by atoms with Crippen LogP contribution in [0, 0.1) is 0 Å². The molecule has 10 aromatic rings. The van der Waals surface area contributed by atoms with Gasteiger partial charge in [-0.3, -0.25) is 9.55 Å². The van der Waals surface area contributed by atoms with Gasteiger partial charge in [-0.15, -0.1) is 0 Å². The van der Waals surface area contributed by atoms with Gasteiger partial charge >= 0.3 is 0 Å². The third-order valence-corrected chi connectivity index (χ3v) is 13.0. The number of phenols is 1. The van der Waals surface area contributed by atoms with E-state index in [1.807, 2.05) is 86.1 Å². The molecule has 0 saturated carbocycles. The number of phenolic OH excluding ortho intramolecular Hbond substituents is 1. The molecule has 346 valence electrons. The first-order valence-corrected chi connectivity index (χ1v) is 23.6. The van der Waals surface area contributed by atoms with E-state index in [9.17, 15) is 7.85 Å². The van der Waals surface area contributed by atoms with E-state index < -0.39 is 71.3 Å². The first-order chi connectivity index (χ1) is 37.6. The molecule has 4 nitrogen and oxygen atoms in total. The van der Waals surface area contributed by atoms with E-state index in [0.717, 1.165) is 55.8 Å². The molecule has 0 saturated heterocycles. The molecule has 0 aliphatic heterocycles. The maximum atomic E-state index is 12.7. The summed E-state index contributed by atoms with van der Waals surface area (Å²) in [6.45, 7) is 18.8. The molecule has 0 aliphatic rings. The summed E-state index contributed by atoms with van der Waals surface area (Å²) in [6, 6.07) is 38.4. The second kappa shape index (κ2) is 17.9. The first kappa shape index (κ1) is 35.3. The molecule has 1 N–H and O–H groups in total. The number of pyridine rings is 1. The molecule has 0 unspecified atom stereocenters. The molecule has 4 heteroatoms. The van der Waals surface area contributed by atoms with E-state index in [1.165, 1.54) is 6.07 Å². The van der Waals surface area contributed by atoms with Crippen LogP contribution < -0.4 is 0 Å². The van der Waals surface area contributed by atoms with E-state index in [2.05, 4.69) is 102 Å². The van der Waals surface area contributed by atoms with Gasteiger partial charge in [0.05, 0.1) is 41.7 Å². The Morgan fingerprint density at radius 3 is 1.69 bits per heavy atom. The predicted molar refractivity (Wildman–Crippen MR) is 295 cm³/mol. The molecule has 0 bridgehead atoms. The van der Waals surface area contributed by atoms with Crippen LogP contribution >= 0.6 is 0 Å². The van der Waals surface area contributed by atoms with Crippen LogP contribution in [0.2, 0.25) is 0 Å². The maximum absolute atomic E-state index is 12.7. The summed E-state index contributed by atoms with van der Waals surface area (Å²) in [5.41, 5.74) is 10.5. The first-order valence-electron chi connectivity index (χ1n) is 28.6. The Hall–Kier alpha value is -7.82. The zero-order chi connectivity index (χ0) is 57.7. The Bertz CT molecular complexity index is 4070. The van der Waals surface area contributed by atoms with Crippen molar-refractivity contribution in [2.24, 2.45) is 0 Å². The van der Waals surface area contributed by atoms with Crippen molar-refractivity contribution in [3.05, 3.63) is 217 Å². The number of para-hydroxylation sites is 1. The fourth-order valence-corrected chi connectivity index (χ4v) is 9.05. The average Bonchev–Trinajstić information content (AvgIpc) is 3.82. The van der Waals surface area contributed by atoms with Crippen LogP contribution in [-0.2, 0) is 16.2 Å². The highest BCUT2D eigenvalue weighted by Crippen LogP contribution is 2.46. The van der Waals surface area contributed by atoms with E-state index >= 15 is 0 Å². The molecular formula is C66H61N3O. The highest BCUT2D eigenvalue weighted by molar-refractivity contribution is 5.98. The molecule has 0 fully saturated rings. The highest BCUT2D eigenvalue weighted by atomic mass is 16.3. The molecule has 0 amide bonds. The van der Waals surface area contributed by atoms with E-state index in [-0.39, 0.29) is 44.9 Å². The third-order valence-electron chi connectivity index (χ3n) is 13.0. The van der Waals surface area contributed by atoms with Crippen LogP contribution in [0.15, 0.2) is 200 Å². The fourth-order valence-electron chi connectivity index (χ4n) is 9.05. The number of rotatable bonds is 8. The van der Waals surface area contributed by atoms with Gasteiger partial charge in [0.1, 0.15) is 11.6 Å². The van der Waals surface area contributed by atoms with Crippen molar-refractivity contribution in [2.75, 3.05) is 0 Å². The Morgan fingerprint density at radius 2 is 1.03 bits per heavy atom. The second-order valence-corrected chi connectivity index (χ2v) is 21.0. The Labute approximate surface area is 428 Å². The average molecular weight is 922 g/mol. The van der Waals surface area contributed by atoms with Crippen LogP contribution in [0.5, 0.6) is 5.75 Å². The lowest BCUT2D eigenvalue weighted by Gasteiger charge is -2.27. The van der Waals surface area contributed by atoms with Gasteiger partial charge in [-0.1, -0.05) is 208 Å². The largest absolute Gasteiger partial charge is 0.507 e. The smallest absolute Gasteiger partial charge is 0.149 e. The van der Waals surface area contributed by atoms with Gasteiger partial charge in [-0.25, -0.2) is 4.98 Å².